The minimum absolute atomic E-state index is 0.0880. The third-order valence-electron chi connectivity index (χ3n) is 3.33. The van der Waals surface area contributed by atoms with Crippen LogP contribution in [0.25, 0.3) is 0 Å². The Bertz CT molecular complexity index is 461. The third kappa shape index (κ3) is 4.30. The molecule has 5 heteroatoms. The average molecular weight is 342 g/mol. The minimum Gasteiger partial charge on any atom is -0.381 e. The molecule has 1 heterocycles. The van der Waals surface area contributed by atoms with Crippen LogP contribution in [0.15, 0.2) is 16.6 Å². The smallest absolute Gasteiger partial charge is 0.250 e. The van der Waals surface area contributed by atoms with Crippen LogP contribution in [0.5, 0.6) is 0 Å². The van der Waals surface area contributed by atoms with Gasteiger partial charge >= 0.3 is 0 Å². The van der Waals surface area contributed by atoms with Crippen LogP contribution in [-0.2, 0) is 14.3 Å². The van der Waals surface area contributed by atoms with E-state index in [4.69, 9.17) is 9.47 Å². The largest absolute Gasteiger partial charge is 0.381 e. The summed E-state index contributed by atoms with van der Waals surface area (Å²) in [6.07, 6.45) is 1.02. The van der Waals surface area contributed by atoms with Gasteiger partial charge in [0.1, 0.15) is 6.61 Å². The van der Waals surface area contributed by atoms with Gasteiger partial charge in [-0.05, 0) is 43.5 Å². The second kappa shape index (κ2) is 7.20. The number of anilines is 1. The summed E-state index contributed by atoms with van der Waals surface area (Å²) in [5, 5.41) is 2.86. The van der Waals surface area contributed by atoms with E-state index >= 15 is 0 Å². The summed E-state index contributed by atoms with van der Waals surface area (Å²) >= 11 is 3.51. The Hall–Kier alpha value is -0.910. The Kier molecular flexibility index (Phi) is 5.57. The molecule has 1 aromatic rings. The van der Waals surface area contributed by atoms with Crippen LogP contribution < -0.4 is 5.32 Å². The number of benzene rings is 1. The van der Waals surface area contributed by atoms with Crippen molar-refractivity contribution in [2.24, 2.45) is 5.92 Å². The van der Waals surface area contributed by atoms with Gasteiger partial charge in [-0.2, -0.15) is 0 Å². The van der Waals surface area contributed by atoms with Gasteiger partial charge in [-0.1, -0.05) is 15.9 Å². The maximum Gasteiger partial charge on any atom is 0.250 e. The number of carbonyl (C=O) groups is 1. The van der Waals surface area contributed by atoms with Gasteiger partial charge in [0.15, 0.2) is 0 Å². The van der Waals surface area contributed by atoms with E-state index in [1.54, 1.807) is 0 Å². The summed E-state index contributed by atoms with van der Waals surface area (Å²) in [6, 6.07) is 3.89. The highest BCUT2D eigenvalue weighted by Crippen LogP contribution is 2.24. The molecule has 110 valence electrons. The zero-order valence-corrected chi connectivity index (χ0v) is 13.5. The van der Waals surface area contributed by atoms with Gasteiger partial charge in [0.05, 0.1) is 13.2 Å². The van der Waals surface area contributed by atoms with Crippen molar-refractivity contribution in [1.29, 1.82) is 0 Å². The molecule has 1 aromatic carbocycles. The van der Waals surface area contributed by atoms with Crippen molar-refractivity contribution in [3.8, 4) is 0 Å². The Balaban J connectivity index is 1.79. The summed E-state index contributed by atoms with van der Waals surface area (Å²) in [4.78, 5) is 11.8. The van der Waals surface area contributed by atoms with E-state index in [1.165, 1.54) is 0 Å². The van der Waals surface area contributed by atoms with E-state index in [9.17, 15) is 4.79 Å². The van der Waals surface area contributed by atoms with Gasteiger partial charge in [0.2, 0.25) is 5.91 Å². The number of hydrogen-bond donors (Lipinski definition) is 1. The summed E-state index contributed by atoms with van der Waals surface area (Å²) in [7, 11) is 0. The van der Waals surface area contributed by atoms with Crippen molar-refractivity contribution in [3.05, 3.63) is 27.7 Å². The number of nitrogens with one attached hydrogen (secondary N) is 1. The van der Waals surface area contributed by atoms with Crippen molar-refractivity contribution in [1.82, 2.24) is 0 Å². The molecule has 0 radical (unpaired) electrons. The maximum atomic E-state index is 11.8. The lowest BCUT2D eigenvalue weighted by Gasteiger charge is -2.11. The predicted octanol–water partition coefficient (Wildman–Crippen LogP) is 3.06. The van der Waals surface area contributed by atoms with E-state index in [2.05, 4.69) is 21.2 Å². The van der Waals surface area contributed by atoms with Gasteiger partial charge in [0.25, 0.3) is 0 Å². The molecule has 0 unspecified atom stereocenters. The lowest BCUT2D eigenvalue weighted by molar-refractivity contribution is -0.121. The van der Waals surface area contributed by atoms with E-state index < -0.39 is 0 Å². The fourth-order valence-electron chi connectivity index (χ4n) is 2.25. The first-order chi connectivity index (χ1) is 9.56. The molecule has 1 aliphatic rings. The summed E-state index contributed by atoms with van der Waals surface area (Å²) in [5.74, 6) is 0.310. The number of amides is 1. The van der Waals surface area contributed by atoms with Crippen molar-refractivity contribution in [3.63, 3.8) is 0 Å². The van der Waals surface area contributed by atoms with Crippen LogP contribution >= 0.6 is 15.9 Å². The van der Waals surface area contributed by atoms with Gasteiger partial charge in [-0.15, -0.1) is 0 Å². The van der Waals surface area contributed by atoms with Crippen molar-refractivity contribution in [2.45, 2.75) is 20.3 Å². The monoisotopic (exact) mass is 341 g/mol. The van der Waals surface area contributed by atoms with Crippen LogP contribution in [0.2, 0.25) is 0 Å². The maximum absolute atomic E-state index is 11.8. The third-order valence-corrected chi connectivity index (χ3v) is 4.58. The normalized spacial score (nSPS) is 18.2. The molecule has 20 heavy (non-hydrogen) atoms. The molecular formula is C15H20BrNO3. The Morgan fingerprint density at radius 1 is 1.45 bits per heavy atom. The van der Waals surface area contributed by atoms with E-state index in [0.29, 0.717) is 12.5 Å². The van der Waals surface area contributed by atoms with E-state index in [1.807, 2.05) is 26.0 Å². The average Bonchev–Trinajstić information content (AvgIpc) is 2.89. The minimum atomic E-state index is -0.120. The first-order valence-electron chi connectivity index (χ1n) is 6.78. The summed E-state index contributed by atoms with van der Waals surface area (Å²) in [5.41, 5.74) is 3.01. The molecule has 1 N–H and O–H groups in total. The molecule has 1 saturated heterocycles. The van der Waals surface area contributed by atoms with Crippen LogP contribution in [-0.4, -0.2) is 32.3 Å². The highest BCUT2D eigenvalue weighted by molar-refractivity contribution is 9.10. The Morgan fingerprint density at radius 3 is 2.75 bits per heavy atom. The van der Waals surface area contributed by atoms with Crippen molar-refractivity contribution < 1.29 is 14.3 Å². The lowest BCUT2D eigenvalue weighted by Crippen LogP contribution is -2.21. The van der Waals surface area contributed by atoms with E-state index in [0.717, 1.165) is 40.9 Å². The van der Waals surface area contributed by atoms with Crippen LogP contribution in [0.1, 0.15) is 17.5 Å². The molecule has 1 atom stereocenters. The molecule has 4 nitrogen and oxygen atoms in total. The number of aryl methyl sites for hydroxylation is 2. The highest BCUT2D eigenvalue weighted by atomic mass is 79.9. The second-order valence-electron chi connectivity index (χ2n) is 5.22. The Labute approximate surface area is 128 Å². The predicted molar refractivity (Wildman–Crippen MR) is 82.0 cm³/mol. The molecule has 2 rings (SSSR count). The lowest BCUT2D eigenvalue weighted by atomic mass is 10.1. The fourth-order valence-corrected chi connectivity index (χ4v) is 2.48. The SMILES string of the molecule is Cc1cc(NC(=O)COC[C@H]2CCOC2)cc(C)c1Br. The molecule has 0 aliphatic carbocycles. The molecule has 0 aromatic heterocycles. The van der Waals surface area contributed by atoms with E-state index in [-0.39, 0.29) is 12.5 Å². The number of carbonyl (C=O) groups excluding carboxylic acids is 1. The van der Waals surface area contributed by atoms with Gasteiger partial charge < -0.3 is 14.8 Å². The number of hydrogen-bond acceptors (Lipinski definition) is 3. The standard InChI is InChI=1S/C15H20BrNO3/c1-10-5-13(6-11(2)15(10)16)17-14(18)9-20-8-12-3-4-19-7-12/h5-6,12H,3-4,7-9H2,1-2H3,(H,17,18)/t12-/m0/s1. The number of halogens is 1. The van der Waals surface area contributed by atoms with Gasteiger partial charge in [0, 0.05) is 22.7 Å². The number of rotatable bonds is 5. The summed E-state index contributed by atoms with van der Waals surface area (Å²) < 4.78 is 11.8. The van der Waals surface area contributed by atoms with Crippen LogP contribution in [0.4, 0.5) is 5.69 Å². The zero-order valence-electron chi connectivity index (χ0n) is 11.9. The van der Waals surface area contributed by atoms with Crippen LogP contribution in [0.3, 0.4) is 0 Å². The highest BCUT2D eigenvalue weighted by Gasteiger charge is 2.16. The molecule has 0 bridgehead atoms. The first kappa shape index (κ1) is 15.5. The molecule has 1 aliphatic heterocycles. The number of ether oxygens (including phenoxy) is 2. The van der Waals surface area contributed by atoms with Gasteiger partial charge in [-0.3, -0.25) is 4.79 Å². The summed E-state index contributed by atoms with van der Waals surface area (Å²) in [6.45, 7) is 6.23. The van der Waals surface area contributed by atoms with Crippen LogP contribution in [0, 0.1) is 19.8 Å². The zero-order chi connectivity index (χ0) is 14.5. The fraction of sp³-hybridized carbons (Fsp3) is 0.533. The van der Waals surface area contributed by atoms with Crippen molar-refractivity contribution in [2.75, 3.05) is 31.7 Å². The molecule has 1 fully saturated rings. The molecule has 0 spiro atoms. The first-order valence-corrected chi connectivity index (χ1v) is 7.57. The Morgan fingerprint density at radius 2 is 2.15 bits per heavy atom. The molecule has 1 amide bonds. The van der Waals surface area contributed by atoms with Gasteiger partial charge in [-0.25, -0.2) is 0 Å². The van der Waals surface area contributed by atoms with Crippen molar-refractivity contribution >= 4 is 27.5 Å². The molecular weight excluding hydrogens is 322 g/mol. The molecule has 0 saturated carbocycles. The second-order valence-corrected chi connectivity index (χ2v) is 6.01. The quantitative estimate of drug-likeness (QED) is 0.895. The topological polar surface area (TPSA) is 47.6 Å².